The van der Waals surface area contributed by atoms with Gasteiger partial charge in [-0.3, -0.25) is 10.1 Å². The molecule has 1 unspecified atom stereocenters. The molecule has 6 nitrogen and oxygen atoms in total. The van der Waals surface area contributed by atoms with Crippen LogP contribution in [0, 0.1) is 16.0 Å². The van der Waals surface area contributed by atoms with Crippen LogP contribution in [0.2, 0.25) is 0 Å². The zero-order valence-corrected chi connectivity index (χ0v) is 12.9. The van der Waals surface area contributed by atoms with E-state index in [4.69, 9.17) is 9.15 Å². The lowest BCUT2D eigenvalue weighted by molar-refractivity contribution is -0.384. The third kappa shape index (κ3) is 4.18. The van der Waals surface area contributed by atoms with Gasteiger partial charge in [0.2, 0.25) is 0 Å². The van der Waals surface area contributed by atoms with Crippen LogP contribution < -0.4 is 5.32 Å². The number of ether oxygens (including phenoxy) is 1. The van der Waals surface area contributed by atoms with Crippen molar-refractivity contribution in [3.05, 3.63) is 52.3 Å². The summed E-state index contributed by atoms with van der Waals surface area (Å²) in [4.78, 5) is 10.4. The van der Waals surface area contributed by atoms with E-state index in [0.29, 0.717) is 23.8 Å². The van der Waals surface area contributed by atoms with Gasteiger partial charge in [0, 0.05) is 30.8 Å². The lowest BCUT2D eigenvalue weighted by Gasteiger charge is -2.21. The van der Waals surface area contributed by atoms with Crippen LogP contribution in [0.5, 0.6) is 0 Å². The summed E-state index contributed by atoms with van der Waals surface area (Å²) < 4.78 is 11.2. The summed E-state index contributed by atoms with van der Waals surface area (Å²) in [5.74, 6) is 2.03. The predicted octanol–water partition coefficient (Wildman–Crippen LogP) is 3.37. The van der Waals surface area contributed by atoms with Crippen LogP contribution in [0.25, 0.3) is 11.3 Å². The van der Waals surface area contributed by atoms with Crippen molar-refractivity contribution in [1.82, 2.24) is 5.32 Å². The number of furan rings is 1. The summed E-state index contributed by atoms with van der Waals surface area (Å²) in [5, 5.41) is 14.2. The van der Waals surface area contributed by atoms with Crippen molar-refractivity contribution in [2.75, 3.05) is 19.8 Å². The maximum absolute atomic E-state index is 10.8. The van der Waals surface area contributed by atoms with E-state index in [9.17, 15) is 10.1 Å². The quantitative estimate of drug-likeness (QED) is 0.653. The molecule has 1 aromatic carbocycles. The Hall–Kier alpha value is -2.18. The van der Waals surface area contributed by atoms with Crippen LogP contribution in [0.1, 0.15) is 18.6 Å². The molecule has 1 atom stereocenters. The van der Waals surface area contributed by atoms with E-state index in [1.807, 2.05) is 18.2 Å². The van der Waals surface area contributed by atoms with Crippen molar-refractivity contribution >= 4 is 5.69 Å². The van der Waals surface area contributed by atoms with Gasteiger partial charge in [-0.05, 0) is 30.9 Å². The minimum atomic E-state index is -0.402. The molecule has 1 fully saturated rings. The highest BCUT2D eigenvalue weighted by Crippen LogP contribution is 2.25. The minimum Gasteiger partial charge on any atom is -0.460 e. The smallest absolute Gasteiger partial charge is 0.270 e. The minimum absolute atomic E-state index is 0.0656. The Kier molecular flexibility index (Phi) is 5.05. The molecular formula is C17H20N2O4. The summed E-state index contributed by atoms with van der Waals surface area (Å²) in [6, 6.07) is 10.2. The number of hydrogen-bond acceptors (Lipinski definition) is 5. The molecule has 0 radical (unpaired) electrons. The van der Waals surface area contributed by atoms with Gasteiger partial charge in [0.15, 0.2) is 0 Å². The molecule has 1 aliphatic heterocycles. The SMILES string of the molecule is O=[N+]([O-])c1cccc(-c2ccc(CNCC3CCCOC3)o2)c1. The molecule has 3 rings (SSSR count). The number of nitrogens with one attached hydrogen (secondary N) is 1. The first-order valence-corrected chi connectivity index (χ1v) is 7.84. The van der Waals surface area contributed by atoms with Crippen molar-refractivity contribution in [2.45, 2.75) is 19.4 Å². The second kappa shape index (κ2) is 7.39. The fourth-order valence-electron chi connectivity index (χ4n) is 2.77. The fraction of sp³-hybridized carbons (Fsp3) is 0.412. The van der Waals surface area contributed by atoms with E-state index in [0.717, 1.165) is 31.9 Å². The van der Waals surface area contributed by atoms with Crippen molar-refractivity contribution in [3.8, 4) is 11.3 Å². The van der Waals surface area contributed by atoms with Gasteiger partial charge in [-0.15, -0.1) is 0 Å². The standard InChI is InChI=1S/C17H20N2O4/c20-19(21)15-5-1-4-14(9-15)17-7-6-16(23-17)11-18-10-13-3-2-8-22-12-13/h1,4-7,9,13,18H,2-3,8,10-12H2. The first kappa shape index (κ1) is 15.7. The number of non-ortho nitro benzene ring substituents is 1. The average Bonchev–Trinajstić information content (AvgIpc) is 3.05. The summed E-state index contributed by atoms with van der Waals surface area (Å²) in [5.41, 5.74) is 0.780. The zero-order valence-electron chi connectivity index (χ0n) is 12.9. The van der Waals surface area contributed by atoms with Crippen LogP contribution in [-0.4, -0.2) is 24.7 Å². The van der Waals surface area contributed by atoms with Crippen LogP contribution in [0.3, 0.4) is 0 Å². The molecule has 0 saturated carbocycles. The van der Waals surface area contributed by atoms with Gasteiger partial charge in [0.25, 0.3) is 5.69 Å². The second-order valence-electron chi connectivity index (χ2n) is 5.79. The molecule has 0 bridgehead atoms. The maximum Gasteiger partial charge on any atom is 0.270 e. The highest BCUT2D eigenvalue weighted by atomic mass is 16.6. The predicted molar refractivity (Wildman–Crippen MR) is 86.0 cm³/mol. The van der Waals surface area contributed by atoms with Crippen LogP contribution >= 0.6 is 0 Å². The van der Waals surface area contributed by atoms with Gasteiger partial charge in [0.1, 0.15) is 11.5 Å². The summed E-state index contributed by atoms with van der Waals surface area (Å²) in [6.45, 7) is 3.25. The normalized spacial score (nSPS) is 18.0. The Morgan fingerprint density at radius 1 is 1.30 bits per heavy atom. The first-order chi connectivity index (χ1) is 11.2. The number of nitro groups is 1. The third-order valence-electron chi connectivity index (χ3n) is 3.99. The van der Waals surface area contributed by atoms with E-state index in [1.165, 1.54) is 18.6 Å². The molecule has 0 aliphatic carbocycles. The van der Waals surface area contributed by atoms with Crippen molar-refractivity contribution < 1.29 is 14.1 Å². The van der Waals surface area contributed by atoms with Gasteiger partial charge >= 0.3 is 0 Å². The lowest BCUT2D eigenvalue weighted by Crippen LogP contribution is -2.28. The van der Waals surface area contributed by atoms with Gasteiger partial charge in [-0.2, -0.15) is 0 Å². The highest BCUT2D eigenvalue weighted by Gasteiger charge is 2.14. The maximum atomic E-state index is 10.8. The summed E-state index contributed by atoms with van der Waals surface area (Å²) in [7, 11) is 0. The van der Waals surface area contributed by atoms with Gasteiger partial charge in [-0.1, -0.05) is 12.1 Å². The molecule has 122 valence electrons. The summed E-state index contributed by atoms with van der Waals surface area (Å²) in [6.07, 6.45) is 2.33. The molecule has 1 saturated heterocycles. The van der Waals surface area contributed by atoms with Gasteiger partial charge in [0.05, 0.1) is 18.1 Å². The largest absolute Gasteiger partial charge is 0.460 e. The molecule has 2 heterocycles. The Morgan fingerprint density at radius 2 is 2.22 bits per heavy atom. The second-order valence-corrected chi connectivity index (χ2v) is 5.79. The Morgan fingerprint density at radius 3 is 3.00 bits per heavy atom. The zero-order chi connectivity index (χ0) is 16.1. The van der Waals surface area contributed by atoms with E-state index in [1.54, 1.807) is 6.07 Å². The highest BCUT2D eigenvalue weighted by molar-refractivity contribution is 5.61. The molecule has 1 aromatic heterocycles. The number of nitro benzene ring substituents is 1. The summed E-state index contributed by atoms with van der Waals surface area (Å²) >= 11 is 0. The van der Waals surface area contributed by atoms with E-state index < -0.39 is 4.92 Å². The van der Waals surface area contributed by atoms with Crippen LogP contribution in [0.4, 0.5) is 5.69 Å². The molecule has 23 heavy (non-hydrogen) atoms. The number of nitrogens with zero attached hydrogens (tertiary/aromatic N) is 1. The van der Waals surface area contributed by atoms with E-state index in [-0.39, 0.29) is 5.69 Å². The number of hydrogen-bond donors (Lipinski definition) is 1. The van der Waals surface area contributed by atoms with E-state index >= 15 is 0 Å². The fourth-order valence-corrected chi connectivity index (χ4v) is 2.77. The Labute approximate surface area is 134 Å². The van der Waals surface area contributed by atoms with Crippen molar-refractivity contribution in [2.24, 2.45) is 5.92 Å². The number of benzene rings is 1. The van der Waals surface area contributed by atoms with Gasteiger partial charge in [-0.25, -0.2) is 0 Å². The third-order valence-corrected chi connectivity index (χ3v) is 3.99. The topological polar surface area (TPSA) is 77.5 Å². The Balaban J connectivity index is 1.57. The molecule has 6 heteroatoms. The molecule has 1 N–H and O–H groups in total. The molecule has 0 amide bonds. The molecule has 1 aliphatic rings. The molecule has 2 aromatic rings. The molecule has 0 spiro atoms. The monoisotopic (exact) mass is 316 g/mol. The van der Waals surface area contributed by atoms with Crippen LogP contribution in [-0.2, 0) is 11.3 Å². The first-order valence-electron chi connectivity index (χ1n) is 7.84. The van der Waals surface area contributed by atoms with Gasteiger partial charge < -0.3 is 14.5 Å². The van der Waals surface area contributed by atoms with E-state index in [2.05, 4.69) is 5.32 Å². The van der Waals surface area contributed by atoms with Crippen molar-refractivity contribution in [3.63, 3.8) is 0 Å². The Bertz CT molecular complexity index is 662. The van der Waals surface area contributed by atoms with Crippen LogP contribution in [0.15, 0.2) is 40.8 Å². The average molecular weight is 316 g/mol. The number of rotatable bonds is 6. The molecular weight excluding hydrogens is 296 g/mol. The lowest BCUT2D eigenvalue weighted by atomic mass is 10.0. The van der Waals surface area contributed by atoms with Crippen molar-refractivity contribution in [1.29, 1.82) is 0 Å².